The zero-order valence-electron chi connectivity index (χ0n) is 22.4. The van der Waals surface area contributed by atoms with Crippen molar-refractivity contribution in [3.63, 3.8) is 0 Å². The summed E-state index contributed by atoms with van der Waals surface area (Å²) in [6.45, 7) is 4.02. The molecule has 0 unspecified atom stereocenters. The Hall–Kier alpha value is -4.17. The Kier molecular flexibility index (Phi) is 7.65. The van der Waals surface area contributed by atoms with Gasteiger partial charge in [0, 0.05) is 5.56 Å². The lowest BCUT2D eigenvalue weighted by Crippen LogP contribution is -2.40. The van der Waals surface area contributed by atoms with Crippen LogP contribution in [0.25, 0.3) is 16.8 Å². The Morgan fingerprint density at radius 1 is 1.05 bits per heavy atom. The van der Waals surface area contributed by atoms with Crippen molar-refractivity contribution in [3.8, 4) is 11.5 Å². The number of nitrogens with zero attached hydrogens (tertiary/aromatic N) is 2. The second-order valence-corrected chi connectivity index (χ2v) is 10.1. The molecule has 7 nitrogen and oxygen atoms in total. The number of hydrogen-bond acceptors (Lipinski definition) is 7. The molecule has 1 aromatic heterocycles. The Balaban J connectivity index is 1.87. The van der Waals surface area contributed by atoms with Gasteiger partial charge in [-0.2, -0.15) is 0 Å². The average molecular weight is 543 g/mol. The quantitative estimate of drug-likeness (QED) is 0.300. The molecule has 0 bridgehead atoms. The van der Waals surface area contributed by atoms with Crippen molar-refractivity contribution >= 4 is 34.2 Å². The van der Waals surface area contributed by atoms with Crippen LogP contribution in [0.3, 0.4) is 0 Å². The van der Waals surface area contributed by atoms with Gasteiger partial charge in [-0.3, -0.25) is 9.36 Å². The minimum Gasteiger partial charge on any atom is -0.497 e. The fraction of sp³-hybridized carbons (Fsp3) is 0.258. The number of thiazole rings is 1. The van der Waals surface area contributed by atoms with Gasteiger partial charge in [0.2, 0.25) is 0 Å². The molecule has 0 spiro atoms. The van der Waals surface area contributed by atoms with Crippen LogP contribution in [0.1, 0.15) is 43.9 Å². The zero-order valence-corrected chi connectivity index (χ0v) is 23.2. The van der Waals surface area contributed by atoms with Gasteiger partial charge in [-0.05, 0) is 54.0 Å². The van der Waals surface area contributed by atoms with Crippen molar-refractivity contribution in [1.29, 1.82) is 0 Å². The van der Waals surface area contributed by atoms with Crippen LogP contribution in [0, 0.1) is 0 Å². The highest BCUT2D eigenvalue weighted by Gasteiger charge is 2.37. The van der Waals surface area contributed by atoms with Gasteiger partial charge in [-0.25, -0.2) is 9.79 Å². The highest BCUT2D eigenvalue weighted by molar-refractivity contribution is 7.07. The van der Waals surface area contributed by atoms with Crippen LogP contribution < -0.4 is 24.4 Å². The van der Waals surface area contributed by atoms with E-state index in [0.29, 0.717) is 38.5 Å². The van der Waals surface area contributed by atoms with Crippen LogP contribution >= 0.6 is 11.3 Å². The number of ether oxygens (including phenoxy) is 3. The molecule has 0 radical (unpaired) electrons. The molecule has 39 heavy (non-hydrogen) atoms. The van der Waals surface area contributed by atoms with Crippen LogP contribution in [0.4, 0.5) is 0 Å². The van der Waals surface area contributed by atoms with E-state index in [0.717, 1.165) is 28.3 Å². The number of fused-ring (bicyclic) bond motifs is 2. The summed E-state index contributed by atoms with van der Waals surface area (Å²) in [4.78, 5) is 33.1. The third-order valence-electron chi connectivity index (χ3n) is 6.71. The number of carbonyl (C=O) groups is 1. The second kappa shape index (κ2) is 11.3. The first kappa shape index (κ1) is 26.4. The van der Waals surface area contributed by atoms with Gasteiger partial charge in [-0.15, -0.1) is 0 Å². The smallest absolute Gasteiger partial charge is 0.338 e. The van der Waals surface area contributed by atoms with Crippen molar-refractivity contribution in [2.45, 2.75) is 32.7 Å². The summed E-state index contributed by atoms with van der Waals surface area (Å²) in [5.74, 6) is 0.803. The third kappa shape index (κ3) is 4.88. The first-order chi connectivity index (χ1) is 19.0. The summed E-state index contributed by atoms with van der Waals surface area (Å²) >= 11 is 1.30. The predicted molar refractivity (Wildman–Crippen MR) is 153 cm³/mol. The van der Waals surface area contributed by atoms with Gasteiger partial charge in [0.05, 0.1) is 36.6 Å². The highest BCUT2D eigenvalue weighted by atomic mass is 32.1. The zero-order chi connectivity index (χ0) is 27.5. The molecule has 1 atom stereocenters. The molecule has 0 amide bonds. The van der Waals surface area contributed by atoms with E-state index >= 15 is 0 Å². The molecule has 8 heteroatoms. The van der Waals surface area contributed by atoms with Crippen LogP contribution in [-0.2, 0) is 9.53 Å². The molecule has 200 valence electrons. The van der Waals surface area contributed by atoms with Crippen molar-refractivity contribution < 1.29 is 19.0 Å². The third-order valence-corrected chi connectivity index (χ3v) is 7.69. The fourth-order valence-electron chi connectivity index (χ4n) is 5.01. The minimum absolute atomic E-state index is 0.210. The van der Waals surface area contributed by atoms with E-state index in [4.69, 9.17) is 19.2 Å². The number of benzene rings is 3. The van der Waals surface area contributed by atoms with Gasteiger partial charge in [0.15, 0.2) is 4.80 Å². The molecule has 0 saturated carbocycles. The molecule has 0 fully saturated rings. The lowest BCUT2D eigenvalue weighted by molar-refractivity contribution is -0.139. The molecular formula is C31H30N2O5S. The molecule has 1 aliphatic heterocycles. The Morgan fingerprint density at radius 3 is 2.62 bits per heavy atom. The number of carbonyl (C=O) groups excluding carboxylic acids is 1. The van der Waals surface area contributed by atoms with E-state index in [9.17, 15) is 9.59 Å². The average Bonchev–Trinajstić information content (AvgIpc) is 3.26. The lowest BCUT2D eigenvalue weighted by atomic mass is 9.90. The van der Waals surface area contributed by atoms with Crippen molar-refractivity contribution in [2.75, 3.05) is 20.8 Å². The SMILES string of the molecule is CCCC1=C(C(=O)OCC)[C@H](c2c(OC)ccc3ccccc23)n2c(sc(=Cc3cccc(OC)c3)c2=O)=N1. The molecule has 0 N–H and O–H groups in total. The number of allylic oxidation sites excluding steroid dienone is 1. The van der Waals surface area contributed by atoms with Crippen LogP contribution in [0.2, 0.25) is 0 Å². The summed E-state index contributed by atoms with van der Waals surface area (Å²) in [5, 5.41) is 1.87. The van der Waals surface area contributed by atoms with Gasteiger partial charge in [-0.1, -0.05) is 67.1 Å². The summed E-state index contributed by atoms with van der Waals surface area (Å²) in [6.07, 6.45) is 3.18. The van der Waals surface area contributed by atoms with Gasteiger partial charge in [0.25, 0.3) is 5.56 Å². The number of esters is 1. The summed E-state index contributed by atoms with van der Waals surface area (Å²) in [5.41, 5.74) is 2.33. The molecule has 3 aromatic carbocycles. The van der Waals surface area contributed by atoms with Crippen LogP contribution in [-0.4, -0.2) is 31.4 Å². The number of methoxy groups -OCH3 is 2. The second-order valence-electron chi connectivity index (χ2n) is 9.09. The summed E-state index contributed by atoms with van der Waals surface area (Å²) < 4.78 is 18.9. The molecule has 0 saturated heterocycles. The molecular weight excluding hydrogens is 512 g/mol. The van der Waals surface area contributed by atoms with Gasteiger partial charge >= 0.3 is 5.97 Å². The molecule has 5 rings (SSSR count). The Morgan fingerprint density at radius 2 is 1.87 bits per heavy atom. The maximum Gasteiger partial charge on any atom is 0.338 e. The number of hydrogen-bond donors (Lipinski definition) is 0. The predicted octanol–water partition coefficient (Wildman–Crippen LogP) is 4.75. The number of aromatic nitrogens is 1. The Bertz CT molecular complexity index is 1770. The van der Waals surface area contributed by atoms with E-state index in [1.54, 1.807) is 25.7 Å². The molecule has 2 heterocycles. The maximum absolute atomic E-state index is 14.1. The van der Waals surface area contributed by atoms with E-state index in [-0.39, 0.29) is 12.2 Å². The van der Waals surface area contributed by atoms with Crippen molar-refractivity contribution in [3.05, 3.63) is 103 Å². The lowest BCUT2D eigenvalue weighted by Gasteiger charge is -2.28. The number of rotatable bonds is 8. The van der Waals surface area contributed by atoms with Crippen molar-refractivity contribution in [1.82, 2.24) is 4.57 Å². The molecule has 1 aliphatic rings. The Labute approximate surface area is 230 Å². The normalized spacial score (nSPS) is 15.2. The minimum atomic E-state index is -0.768. The topological polar surface area (TPSA) is 79.1 Å². The first-order valence-corrected chi connectivity index (χ1v) is 13.7. The van der Waals surface area contributed by atoms with E-state index in [1.165, 1.54) is 11.3 Å². The van der Waals surface area contributed by atoms with Crippen LogP contribution in [0.5, 0.6) is 11.5 Å². The summed E-state index contributed by atoms with van der Waals surface area (Å²) in [6, 6.07) is 18.5. The van der Waals surface area contributed by atoms with Crippen LogP contribution in [0.15, 0.2) is 81.7 Å². The largest absolute Gasteiger partial charge is 0.497 e. The van der Waals surface area contributed by atoms with Gasteiger partial charge in [0.1, 0.15) is 17.5 Å². The first-order valence-electron chi connectivity index (χ1n) is 12.9. The van der Waals surface area contributed by atoms with E-state index in [1.807, 2.05) is 73.7 Å². The maximum atomic E-state index is 14.1. The molecule has 4 aromatic rings. The summed E-state index contributed by atoms with van der Waals surface area (Å²) in [7, 11) is 3.21. The standard InChI is InChI=1S/C31H30N2O5S/c1-5-10-23-27(30(35)38-6-2)28(26-22-14-8-7-12-20(22)15-16-24(26)37-4)33-29(34)25(39-31(33)32-23)18-19-11-9-13-21(17-19)36-3/h7-9,11-18,28H,5-6,10H2,1-4H3/t28-/m0/s1. The fourth-order valence-corrected chi connectivity index (χ4v) is 6.03. The monoisotopic (exact) mass is 542 g/mol. The van der Waals surface area contributed by atoms with E-state index in [2.05, 4.69) is 0 Å². The van der Waals surface area contributed by atoms with E-state index < -0.39 is 12.0 Å². The highest BCUT2D eigenvalue weighted by Crippen LogP contribution is 2.41. The van der Waals surface area contributed by atoms with Gasteiger partial charge < -0.3 is 14.2 Å². The molecule has 0 aliphatic carbocycles. The van der Waals surface area contributed by atoms with Crippen molar-refractivity contribution in [2.24, 2.45) is 4.99 Å².